The van der Waals surface area contributed by atoms with E-state index >= 15 is 0 Å². The molecule has 3 heterocycles. The van der Waals surface area contributed by atoms with Crippen LogP contribution in [0.5, 0.6) is 0 Å². The van der Waals surface area contributed by atoms with E-state index in [0.717, 1.165) is 34.7 Å². The molecule has 1 aliphatic rings. The normalized spacial score (nSPS) is 17.0. The van der Waals surface area contributed by atoms with E-state index in [4.69, 9.17) is 9.17 Å². The van der Waals surface area contributed by atoms with Crippen LogP contribution in [0.3, 0.4) is 0 Å². The first-order chi connectivity index (χ1) is 13.5. The van der Waals surface area contributed by atoms with Crippen molar-refractivity contribution in [3.8, 4) is 0 Å². The smallest absolute Gasteiger partial charge is 0.156 e. The Morgan fingerprint density at radius 3 is 3.00 bits per heavy atom. The van der Waals surface area contributed by atoms with Crippen molar-refractivity contribution in [1.82, 2.24) is 18.8 Å². The summed E-state index contributed by atoms with van der Waals surface area (Å²) in [5.41, 5.74) is 5.64. The SMILES string of the molecule is C=S(OCc1cccc(C2Cc3c(nc(NC)c4ncn(C)c34)N2)c1)N(C)C. The van der Waals surface area contributed by atoms with Crippen molar-refractivity contribution in [2.45, 2.75) is 19.1 Å². The maximum Gasteiger partial charge on any atom is 0.156 e. The van der Waals surface area contributed by atoms with E-state index in [1.165, 1.54) is 11.1 Å². The molecule has 1 aliphatic heterocycles. The van der Waals surface area contributed by atoms with Crippen LogP contribution in [-0.4, -0.2) is 45.9 Å². The van der Waals surface area contributed by atoms with Gasteiger partial charge in [0.25, 0.3) is 0 Å². The first-order valence-corrected chi connectivity index (χ1v) is 10.5. The molecular formula is C20H26N6OS. The zero-order valence-electron chi connectivity index (χ0n) is 16.7. The van der Waals surface area contributed by atoms with Crippen LogP contribution < -0.4 is 10.6 Å². The van der Waals surface area contributed by atoms with Crippen LogP contribution in [0.4, 0.5) is 11.6 Å². The average Bonchev–Trinajstić information content (AvgIpc) is 3.29. The van der Waals surface area contributed by atoms with E-state index in [0.29, 0.717) is 6.61 Å². The molecule has 28 heavy (non-hydrogen) atoms. The Bertz CT molecular complexity index is 1040. The van der Waals surface area contributed by atoms with Gasteiger partial charge < -0.3 is 19.4 Å². The molecule has 0 radical (unpaired) electrons. The summed E-state index contributed by atoms with van der Waals surface area (Å²) in [6.45, 7) is 0.548. The van der Waals surface area contributed by atoms with E-state index in [1.54, 1.807) is 0 Å². The van der Waals surface area contributed by atoms with E-state index in [1.807, 2.05) is 38.8 Å². The Balaban J connectivity index is 1.60. The largest absolute Gasteiger partial charge is 0.371 e. The third kappa shape index (κ3) is 3.39. The van der Waals surface area contributed by atoms with Gasteiger partial charge in [0.2, 0.25) is 0 Å². The lowest BCUT2D eigenvalue weighted by Crippen LogP contribution is -2.07. The summed E-state index contributed by atoms with van der Waals surface area (Å²) in [6, 6.07) is 8.72. The van der Waals surface area contributed by atoms with Crippen LogP contribution in [0.15, 0.2) is 30.6 Å². The van der Waals surface area contributed by atoms with Gasteiger partial charge in [-0.2, -0.15) is 0 Å². The standard InChI is InChI=1S/C20H26N6OS/c1-21-20-17-18(26(4)12-22-17)15-10-16(23-19(15)24-20)14-8-6-7-13(9-14)11-27-28(5)25(2)3/h6-9,12,16H,5,10-11H2,1-4H3,(H2,21,23,24). The number of aromatic nitrogens is 3. The molecular weight excluding hydrogens is 372 g/mol. The summed E-state index contributed by atoms with van der Waals surface area (Å²) in [5, 5.41) is 6.75. The molecule has 8 heteroatoms. The van der Waals surface area contributed by atoms with E-state index in [2.05, 4.69) is 50.3 Å². The average molecular weight is 399 g/mol. The molecule has 0 aliphatic carbocycles. The fourth-order valence-electron chi connectivity index (χ4n) is 3.55. The fourth-order valence-corrected chi connectivity index (χ4v) is 4.04. The second-order valence-electron chi connectivity index (χ2n) is 7.13. The summed E-state index contributed by atoms with van der Waals surface area (Å²) in [7, 11) is 7.41. The molecule has 7 nitrogen and oxygen atoms in total. The van der Waals surface area contributed by atoms with Crippen molar-refractivity contribution in [1.29, 1.82) is 0 Å². The van der Waals surface area contributed by atoms with Crippen molar-refractivity contribution < 1.29 is 4.18 Å². The number of fused-ring (bicyclic) bond motifs is 3. The molecule has 0 saturated heterocycles. The number of pyridine rings is 1. The lowest BCUT2D eigenvalue weighted by Gasteiger charge is -2.16. The molecule has 0 bridgehead atoms. The summed E-state index contributed by atoms with van der Waals surface area (Å²) in [5.74, 6) is 5.76. The zero-order valence-corrected chi connectivity index (χ0v) is 17.5. The first-order valence-electron chi connectivity index (χ1n) is 9.19. The number of nitrogens with zero attached hydrogens (tertiary/aromatic N) is 4. The quantitative estimate of drug-likeness (QED) is 0.621. The highest BCUT2D eigenvalue weighted by atomic mass is 32.2. The first kappa shape index (κ1) is 18.9. The third-order valence-electron chi connectivity index (χ3n) is 5.03. The highest BCUT2D eigenvalue weighted by molar-refractivity contribution is 8.07. The number of hydrogen-bond donors (Lipinski definition) is 2. The molecule has 2 aromatic heterocycles. The maximum absolute atomic E-state index is 5.85. The number of rotatable bonds is 6. The van der Waals surface area contributed by atoms with Gasteiger partial charge in [-0.25, -0.2) is 14.3 Å². The summed E-state index contributed by atoms with van der Waals surface area (Å²) >= 11 is 0. The molecule has 3 aromatic rings. The van der Waals surface area contributed by atoms with Gasteiger partial charge in [0.05, 0.1) is 24.5 Å². The van der Waals surface area contributed by atoms with Crippen LogP contribution in [0.1, 0.15) is 22.7 Å². The lowest BCUT2D eigenvalue weighted by atomic mass is 10.0. The molecule has 148 valence electrons. The van der Waals surface area contributed by atoms with Crippen molar-refractivity contribution in [2.24, 2.45) is 7.05 Å². The van der Waals surface area contributed by atoms with Crippen molar-refractivity contribution in [2.75, 3.05) is 31.8 Å². The second-order valence-corrected chi connectivity index (χ2v) is 8.74. The lowest BCUT2D eigenvalue weighted by molar-refractivity contribution is 0.343. The van der Waals surface area contributed by atoms with Gasteiger partial charge in [-0.15, -0.1) is 0 Å². The van der Waals surface area contributed by atoms with Crippen LogP contribution in [0.2, 0.25) is 0 Å². The summed E-state index contributed by atoms with van der Waals surface area (Å²) < 4.78 is 9.90. The summed E-state index contributed by atoms with van der Waals surface area (Å²) in [4.78, 5) is 9.27. The van der Waals surface area contributed by atoms with Gasteiger partial charge in [-0.3, -0.25) is 0 Å². The summed E-state index contributed by atoms with van der Waals surface area (Å²) in [6.07, 6.45) is 2.73. The highest BCUT2D eigenvalue weighted by Crippen LogP contribution is 2.39. The van der Waals surface area contributed by atoms with Gasteiger partial charge in [0, 0.05) is 37.0 Å². The molecule has 2 unspecified atom stereocenters. The molecule has 1 aromatic carbocycles. The Hall–Kier alpha value is -2.42. The van der Waals surface area contributed by atoms with Gasteiger partial charge in [-0.1, -0.05) is 24.3 Å². The van der Waals surface area contributed by atoms with Gasteiger partial charge in [-0.05, 0) is 31.1 Å². The van der Waals surface area contributed by atoms with Crippen molar-refractivity contribution in [3.63, 3.8) is 0 Å². The van der Waals surface area contributed by atoms with E-state index in [-0.39, 0.29) is 6.04 Å². The van der Waals surface area contributed by atoms with Crippen LogP contribution in [0, 0.1) is 0 Å². The predicted octanol–water partition coefficient (Wildman–Crippen LogP) is 3.33. The zero-order chi connectivity index (χ0) is 19.8. The predicted molar refractivity (Wildman–Crippen MR) is 118 cm³/mol. The Kier molecular flexibility index (Phi) is 5.09. The number of imidazole rings is 1. The highest BCUT2D eigenvalue weighted by Gasteiger charge is 2.28. The number of nitrogens with one attached hydrogen (secondary N) is 2. The molecule has 0 saturated carbocycles. The number of hydrogen-bond acceptors (Lipinski definition) is 6. The Morgan fingerprint density at radius 1 is 1.43 bits per heavy atom. The molecule has 0 spiro atoms. The second kappa shape index (κ2) is 7.54. The Morgan fingerprint density at radius 2 is 2.25 bits per heavy atom. The minimum atomic E-state index is -0.440. The van der Waals surface area contributed by atoms with Gasteiger partial charge in [0.15, 0.2) is 5.82 Å². The minimum Gasteiger partial charge on any atom is -0.371 e. The number of anilines is 2. The minimum absolute atomic E-state index is 0.180. The van der Waals surface area contributed by atoms with E-state index in [9.17, 15) is 0 Å². The topological polar surface area (TPSA) is 67.2 Å². The van der Waals surface area contributed by atoms with Crippen LogP contribution in [-0.2, 0) is 24.3 Å². The van der Waals surface area contributed by atoms with E-state index < -0.39 is 11.0 Å². The molecule has 0 amide bonds. The number of aryl methyl sites for hydroxylation is 1. The molecule has 2 N–H and O–H groups in total. The monoisotopic (exact) mass is 398 g/mol. The molecule has 0 fully saturated rings. The van der Waals surface area contributed by atoms with Crippen molar-refractivity contribution >= 4 is 39.5 Å². The maximum atomic E-state index is 5.85. The van der Waals surface area contributed by atoms with Crippen molar-refractivity contribution in [3.05, 3.63) is 47.3 Å². The van der Waals surface area contributed by atoms with Gasteiger partial charge in [0.1, 0.15) is 11.3 Å². The fraction of sp³-hybridized carbons (Fsp3) is 0.350. The van der Waals surface area contributed by atoms with Crippen LogP contribution >= 0.6 is 11.0 Å². The number of benzene rings is 1. The molecule has 4 rings (SSSR count). The Labute approximate surface area is 168 Å². The molecule has 2 atom stereocenters. The van der Waals surface area contributed by atoms with Crippen LogP contribution in [0.25, 0.3) is 11.0 Å². The third-order valence-corrected chi connectivity index (χ3v) is 6.24. The van der Waals surface area contributed by atoms with Gasteiger partial charge >= 0.3 is 0 Å².